The van der Waals surface area contributed by atoms with Crippen LogP contribution in [0, 0.1) is 0 Å². The van der Waals surface area contributed by atoms with E-state index in [1.165, 1.54) is 5.56 Å². The first-order valence-electron chi connectivity index (χ1n) is 7.83. The summed E-state index contributed by atoms with van der Waals surface area (Å²) in [5, 5.41) is 0. The fourth-order valence-corrected chi connectivity index (χ4v) is 2.73. The molecule has 1 saturated heterocycles. The van der Waals surface area contributed by atoms with E-state index in [0.717, 1.165) is 45.6 Å². The number of piperazine rings is 1. The van der Waals surface area contributed by atoms with Crippen LogP contribution in [0.25, 0.3) is 0 Å². The lowest BCUT2D eigenvalue weighted by molar-refractivity contribution is -0.133. The van der Waals surface area contributed by atoms with Gasteiger partial charge in [0, 0.05) is 57.6 Å². The van der Waals surface area contributed by atoms with Crippen LogP contribution in [-0.2, 0) is 11.3 Å². The van der Waals surface area contributed by atoms with E-state index < -0.39 is 0 Å². The van der Waals surface area contributed by atoms with Crippen molar-refractivity contribution in [1.82, 2.24) is 14.8 Å². The Hall–Kier alpha value is -1.46. The summed E-state index contributed by atoms with van der Waals surface area (Å²) < 4.78 is 0. The Bertz CT molecular complexity index is 429. The molecular formula is C16H26N4O. The molecular weight excluding hydrogens is 264 g/mol. The summed E-state index contributed by atoms with van der Waals surface area (Å²) in [6, 6.07) is 4.06. The van der Waals surface area contributed by atoms with Crippen molar-refractivity contribution in [2.45, 2.75) is 38.8 Å². The first kappa shape index (κ1) is 15.9. The van der Waals surface area contributed by atoms with Crippen LogP contribution in [0.2, 0.25) is 0 Å². The van der Waals surface area contributed by atoms with Crippen molar-refractivity contribution in [3.63, 3.8) is 0 Å². The third-order valence-electron chi connectivity index (χ3n) is 3.95. The fraction of sp³-hybridized carbons (Fsp3) is 0.625. The van der Waals surface area contributed by atoms with Crippen molar-refractivity contribution in [3.05, 3.63) is 30.1 Å². The Labute approximate surface area is 127 Å². The number of amides is 1. The zero-order valence-electron chi connectivity index (χ0n) is 12.9. The average Bonchev–Trinajstić information content (AvgIpc) is 2.49. The van der Waals surface area contributed by atoms with Gasteiger partial charge in [0.1, 0.15) is 0 Å². The highest BCUT2D eigenvalue weighted by atomic mass is 16.2. The van der Waals surface area contributed by atoms with E-state index in [4.69, 9.17) is 5.73 Å². The lowest BCUT2D eigenvalue weighted by atomic mass is 10.1. The van der Waals surface area contributed by atoms with E-state index in [1.54, 1.807) is 6.20 Å². The molecule has 0 aromatic carbocycles. The lowest BCUT2D eigenvalue weighted by Gasteiger charge is -2.35. The summed E-state index contributed by atoms with van der Waals surface area (Å²) >= 11 is 0. The normalized spacial score (nSPS) is 17.7. The molecule has 1 aliphatic heterocycles. The number of carbonyl (C=O) groups is 1. The maximum Gasteiger partial charge on any atom is 0.224 e. The van der Waals surface area contributed by atoms with Gasteiger partial charge < -0.3 is 10.6 Å². The number of pyridine rings is 1. The highest BCUT2D eigenvalue weighted by molar-refractivity contribution is 5.76. The average molecular weight is 290 g/mol. The minimum absolute atomic E-state index is 0.0101. The molecule has 5 heteroatoms. The summed E-state index contributed by atoms with van der Waals surface area (Å²) in [6.45, 7) is 6.45. The zero-order valence-corrected chi connectivity index (χ0v) is 12.9. The van der Waals surface area contributed by atoms with E-state index in [1.807, 2.05) is 17.2 Å². The standard InChI is InChI=1S/C16H26N4O/c1-2-4-15(17)11-16(21)20-9-7-19(8-10-20)13-14-5-3-6-18-12-14/h3,5-6,12,15H,2,4,7-11,13,17H2,1H3. The van der Waals surface area contributed by atoms with Gasteiger partial charge in [-0.3, -0.25) is 14.7 Å². The molecule has 2 rings (SSSR count). The first-order valence-corrected chi connectivity index (χ1v) is 7.83. The third kappa shape index (κ3) is 5.10. The van der Waals surface area contributed by atoms with Gasteiger partial charge in [-0.25, -0.2) is 0 Å². The van der Waals surface area contributed by atoms with Crippen molar-refractivity contribution in [2.75, 3.05) is 26.2 Å². The molecule has 1 fully saturated rings. The molecule has 1 aromatic heterocycles. The molecule has 0 bridgehead atoms. The van der Waals surface area contributed by atoms with E-state index >= 15 is 0 Å². The maximum absolute atomic E-state index is 12.2. The van der Waals surface area contributed by atoms with Gasteiger partial charge in [-0.2, -0.15) is 0 Å². The van der Waals surface area contributed by atoms with E-state index in [9.17, 15) is 4.79 Å². The van der Waals surface area contributed by atoms with Gasteiger partial charge in [0.05, 0.1) is 0 Å². The number of nitrogens with two attached hydrogens (primary N) is 1. The van der Waals surface area contributed by atoms with Gasteiger partial charge in [0.25, 0.3) is 0 Å². The van der Waals surface area contributed by atoms with Crippen molar-refractivity contribution in [2.24, 2.45) is 5.73 Å². The van der Waals surface area contributed by atoms with Gasteiger partial charge in [-0.05, 0) is 18.1 Å². The third-order valence-corrected chi connectivity index (χ3v) is 3.95. The van der Waals surface area contributed by atoms with Gasteiger partial charge in [-0.1, -0.05) is 19.4 Å². The molecule has 1 amide bonds. The Morgan fingerprint density at radius 3 is 2.76 bits per heavy atom. The summed E-state index contributed by atoms with van der Waals surface area (Å²) in [5.41, 5.74) is 7.18. The highest BCUT2D eigenvalue weighted by Crippen LogP contribution is 2.10. The predicted molar refractivity (Wildman–Crippen MR) is 83.6 cm³/mol. The van der Waals surface area contributed by atoms with Crippen molar-refractivity contribution in [1.29, 1.82) is 0 Å². The second-order valence-corrected chi connectivity index (χ2v) is 5.77. The maximum atomic E-state index is 12.2. The SMILES string of the molecule is CCCC(N)CC(=O)N1CCN(Cc2cccnc2)CC1. The van der Waals surface area contributed by atoms with Crippen LogP contribution in [0.4, 0.5) is 0 Å². The molecule has 2 N–H and O–H groups in total. The summed E-state index contributed by atoms with van der Waals surface area (Å²) in [4.78, 5) is 20.6. The molecule has 1 aromatic rings. The molecule has 116 valence electrons. The molecule has 1 atom stereocenters. The van der Waals surface area contributed by atoms with Crippen molar-refractivity contribution >= 4 is 5.91 Å². The van der Waals surface area contributed by atoms with Crippen LogP contribution in [0.1, 0.15) is 31.7 Å². The molecule has 0 spiro atoms. The Morgan fingerprint density at radius 1 is 1.38 bits per heavy atom. The second kappa shape index (κ2) is 8.10. The van der Waals surface area contributed by atoms with E-state index in [2.05, 4.69) is 22.9 Å². The van der Waals surface area contributed by atoms with Gasteiger partial charge >= 0.3 is 0 Å². The number of rotatable bonds is 6. The van der Waals surface area contributed by atoms with Crippen LogP contribution in [0.5, 0.6) is 0 Å². The molecule has 0 aliphatic carbocycles. The zero-order chi connectivity index (χ0) is 15.1. The minimum atomic E-state index is 0.0101. The number of hydrogen-bond acceptors (Lipinski definition) is 4. The molecule has 0 radical (unpaired) electrons. The van der Waals surface area contributed by atoms with Crippen LogP contribution >= 0.6 is 0 Å². The summed E-state index contributed by atoms with van der Waals surface area (Å²) in [7, 11) is 0. The smallest absolute Gasteiger partial charge is 0.224 e. The number of carbonyl (C=O) groups excluding carboxylic acids is 1. The van der Waals surface area contributed by atoms with Gasteiger partial charge in [-0.15, -0.1) is 0 Å². The fourth-order valence-electron chi connectivity index (χ4n) is 2.73. The molecule has 1 unspecified atom stereocenters. The van der Waals surface area contributed by atoms with Crippen LogP contribution in [0.3, 0.4) is 0 Å². The highest BCUT2D eigenvalue weighted by Gasteiger charge is 2.22. The quantitative estimate of drug-likeness (QED) is 0.856. The predicted octanol–water partition coefficient (Wildman–Crippen LogP) is 1.24. The monoisotopic (exact) mass is 290 g/mol. The van der Waals surface area contributed by atoms with Crippen LogP contribution in [-0.4, -0.2) is 52.9 Å². The number of nitrogens with zero attached hydrogens (tertiary/aromatic N) is 3. The van der Waals surface area contributed by atoms with Crippen molar-refractivity contribution in [3.8, 4) is 0 Å². The second-order valence-electron chi connectivity index (χ2n) is 5.77. The van der Waals surface area contributed by atoms with Gasteiger partial charge in [0.15, 0.2) is 0 Å². The molecule has 1 aliphatic rings. The Morgan fingerprint density at radius 2 is 2.14 bits per heavy atom. The number of hydrogen-bond donors (Lipinski definition) is 1. The molecule has 21 heavy (non-hydrogen) atoms. The minimum Gasteiger partial charge on any atom is -0.340 e. The largest absolute Gasteiger partial charge is 0.340 e. The molecule has 5 nitrogen and oxygen atoms in total. The topological polar surface area (TPSA) is 62.5 Å². The molecule has 0 saturated carbocycles. The molecule has 2 heterocycles. The Balaban J connectivity index is 1.74. The Kier molecular flexibility index (Phi) is 6.14. The lowest BCUT2D eigenvalue weighted by Crippen LogP contribution is -2.49. The van der Waals surface area contributed by atoms with Crippen LogP contribution in [0.15, 0.2) is 24.5 Å². The van der Waals surface area contributed by atoms with Crippen LogP contribution < -0.4 is 5.73 Å². The number of aromatic nitrogens is 1. The van der Waals surface area contributed by atoms with E-state index in [-0.39, 0.29) is 11.9 Å². The summed E-state index contributed by atoms with van der Waals surface area (Å²) in [6.07, 6.45) is 6.14. The van der Waals surface area contributed by atoms with Crippen molar-refractivity contribution < 1.29 is 4.79 Å². The summed E-state index contributed by atoms with van der Waals surface area (Å²) in [5.74, 6) is 0.206. The van der Waals surface area contributed by atoms with Gasteiger partial charge in [0.2, 0.25) is 5.91 Å². The first-order chi connectivity index (χ1) is 10.2. The van der Waals surface area contributed by atoms with E-state index in [0.29, 0.717) is 6.42 Å².